The summed E-state index contributed by atoms with van der Waals surface area (Å²) in [5.74, 6) is 0.189. The third-order valence-corrected chi connectivity index (χ3v) is 4.31. The molecule has 148 valence electrons. The van der Waals surface area contributed by atoms with Gasteiger partial charge in [-0.05, 0) is 26.0 Å². The molecule has 0 saturated carbocycles. The number of hydrogen-bond donors (Lipinski definition) is 2. The summed E-state index contributed by atoms with van der Waals surface area (Å²) >= 11 is 0. The van der Waals surface area contributed by atoms with Gasteiger partial charge >= 0.3 is 12.1 Å². The minimum atomic E-state index is -1.12. The van der Waals surface area contributed by atoms with E-state index < -0.39 is 23.0 Å². The van der Waals surface area contributed by atoms with Crippen LogP contribution in [-0.4, -0.2) is 33.4 Å². The Hall–Kier alpha value is -4.20. The Bertz CT molecular complexity index is 1050. The Labute approximate surface area is 164 Å². The van der Waals surface area contributed by atoms with E-state index in [0.717, 1.165) is 11.3 Å². The first kappa shape index (κ1) is 19.6. The standard InChI is InChI=1S/C18H16N6O5/c1-3-20-17(25)23-15(13(8-19)10(2)22-18(23)26)14-16(29-9-21-14)11-4-6-12(7-5-11)24(27)28/h4-7,9,15H,3H2,1-2H3,(H,20,25)(H,22,26). The van der Waals surface area contributed by atoms with E-state index in [0.29, 0.717) is 11.3 Å². The summed E-state index contributed by atoms with van der Waals surface area (Å²) in [6, 6.07) is 4.99. The van der Waals surface area contributed by atoms with E-state index in [9.17, 15) is 25.0 Å². The second-order valence-corrected chi connectivity index (χ2v) is 6.06. The first-order valence-electron chi connectivity index (χ1n) is 8.56. The molecule has 2 aromatic rings. The number of nitro benzene ring substituents is 1. The molecule has 1 atom stereocenters. The monoisotopic (exact) mass is 396 g/mol. The highest BCUT2D eigenvalue weighted by Gasteiger charge is 2.41. The molecule has 0 spiro atoms. The molecular formula is C18H16N6O5. The van der Waals surface area contributed by atoms with Crippen LogP contribution in [0.1, 0.15) is 25.6 Å². The maximum absolute atomic E-state index is 12.5. The van der Waals surface area contributed by atoms with Crippen LogP contribution in [0.25, 0.3) is 11.3 Å². The van der Waals surface area contributed by atoms with Crippen molar-refractivity contribution in [2.75, 3.05) is 6.54 Å². The lowest BCUT2D eigenvalue weighted by atomic mass is 9.96. The molecule has 0 bridgehead atoms. The van der Waals surface area contributed by atoms with Crippen molar-refractivity contribution in [3.05, 3.63) is 57.7 Å². The van der Waals surface area contributed by atoms with Crippen molar-refractivity contribution in [2.45, 2.75) is 19.9 Å². The lowest BCUT2D eigenvalue weighted by Crippen LogP contribution is -2.53. The molecule has 0 fully saturated rings. The Morgan fingerprint density at radius 1 is 1.45 bits per heavy atom. The van der Waals surface area contributed by atoms with Crippen LogP contribution in [0.4, 0.5) is 15.3 Å². The number of urea groups is 2. The first-order chi connectivity index (χ1) is 13.9. The van der Waals surface area contributed by atoms with Crippen molar-refractivity contribution in [2.24, 2.45) is 0 Å². The number of benzene rings is 1. The molecule has 3 rings (SSSR count). The number of nitrogens with zero attached hydrogens (tertiary/aromatic N) is 4. The first-order valence-corrected chi connectivity index (χ1v) is 8.56. The summed E-state index contributed by atoms with van der Waals surface area (Å²) in [4.78, 5) is 40.4. The van der Waals surface area contributed by atoms with Crippen molar-refractivity contribution < 1.29 is 18.9 Å². The summed E-state index contributed by atoms with van der Waals surface area (Å²) < 4.78 is 5.45. The van der Waals surface area contributed by atoms with Crippen molar-refractivity contribution in [1.82, 2.24) is 20.5 Å². The van der Waals surface area contributed by atoms with E-state index in [4.69, 9.17) is 4.42 Å². The molecule has 0 aliphatic carbocycles. The van der Waals surface area contributed by atoms with Crippen LogP contribution >= 0.6 is 0 Å². The maximum Gasteiger partial charge on any atom is 0.330 e. The van der Waals surface area contributed by atoms with Crippen molar-refractivity contribution >= 4 is 17.7 Å². The molecule has 29 heavy (non-hydrogen) atoms. The molecule has 11 heteroatoms. The molecular weight excluding hydrogens is 380 g/mol. The Kier molecular flexibility index (Phi) is 5.27. The van der Waals surface area contributed by atoms with Gasteiger partial charge in [-0.2, -0.15) is 5.26 Å². The second kappa shape index (κ2) is 7.81. The summed E-state index contributed by atoms with van der Waals surface area (Å²) in [7, 11) is 0. The number of rotatable bonds is 4. The van der Waals surface area contributed by atoms with Crippen LogP contribution in [0.2, 0.25) is 0 Å². The number of nitrogens with one attached hydrogen (secondary N) is 2. The van der Waals surface area contributed by atoms with Crippen LogP contribution in [0.15, 0.2) is 46.3 Å². The zero-order valence-corrected chi connectivity index (χ0v) is 15.5. The van der Waals surface area contributed by atoms with Crippen LogP contribution < -0.4 is 10.6 Å². The quantitative estimate of drug-likeness (QED) is 0.594. The van der Waals surface area contributed by atoms with Gasteiger partial charge in [-0.1, -0.05) is 0 Å². The Morgan fingerprint density at radius 3 is 2.72 bits per heavy atom. The molecule has 2 heterocycles. The van der Waals surface area contributed by atoms with Gasteiger partial charge in [0, 0.05) is 29.9 Å². The predicted octanol–water partition coefficient (Wildman–Crippen LogP) is 2.84. The minimum Gasteiger partial charge on any atom is -0.443 e. The fraction of sp³-hybridized carbons (Fsp3) is 0.222. The normalized spacial score (nSPS) is 16.2. The number of aromatic nitrogens is 1. The van der Waals surface area contributed by atoms with Crippen LogP contribution in [-0.2, 0) is 0 Å². The van der Waals surface area contributed by atoms with E-state index in [1.165, 1.54) is 24.3 Å². The van der Waals surface area contributed by atoms with Crippen LogP contribution in [0.5, 0.6) is 0 Å². The molecule has 11 nitrogen and oxygen atoms in total. The van der Waals surface area contributed by atoms with Gasteiger partial charge in [-0.15, -0.1) is 0 Å². The Morgan fingerprint density at radius 2 is 2.14 bits per heavy atom. The second-order valence-electron chi connectivity index (χ2n) is 6.06. The minimum absolute atomic E-state index is 0.107. The predicted molar refractivity (Wildman–Crippen MR) is 99.1 cm³/mol. The number of allylic oxidation sites excluding steroid dienone is 1. The molecule has 0 saturated heterocycles. The number of oxazole rings is 1. The largest absolute Gasteiger partial charge is 0.443 e. The smallest absolute Gasteiger partial charge is 0.330 e. The van der Waals surface area contributed by atoms with Gasteiger partial charge in [-0.3, -0.25) is 10.1 Å². The zero-order chi connectivity index (χ0) is 21.1. The van der Waals surface area contributed by atoms with E-state index in [1.807, 2.05) is 6.07 Å². The SMILES string of the molecule is CCNC(=O)N1C(=O)NC(C)=C(C#N)C1c1ncoc1-c1ccc([N+](=O)[O-])cc1. The molecule has 1 aromatic carbocycles. The number of carbonyl (C=O) groups is 2. The maximum atomic E-state index is 12.5. The third-order valence-electron chi connectivity index (χ3n) is 4.31. The van der Waals surface area contributed by atoms with Crippen LogP contribution in [0.3, 0.4) is 0 Å². The van der Waals surface area contributed by atoms with Gasteiger partial charge in [0.25, 0.3) is 5.69 Å². The zero-order valence-electron chi connectivity index (χ0n) is 15.5. The summed E-state index contributed by atoms with van der Waals surface area (Å²) in [6.07, 6.45) is 1.12. The highest BCUT2D eigenvalue weighted by atomic mass is 16.6. The van der Waals surface area contributed by atoms with Gasteiger partial charge in [0.05, 0.1) is 16.6 Å². The molecule has 0 radical (unpaired) electrons. The Balaban J connectivity index is 2.14. The topological polar surface area (TPSA) is 154 Å². The highest BCUT2D eigenvalue weighted by Crippen LogP contribution is 2.38. The number of nitro groups is 1. The summed E-state index contributed by atoms with van der Waals surface area (Å²) in [5.41, 5.74) is 0.911. The summed E-state index contributed by atoms with van der Waals surface area (Å²) in [5, 5.41) is 25.6. The molecule has 1 unspecified atom stereocenters. The number of carbonyl (C=O) groups excluding carboxylic acids is 2. The molecule has 4 amide bonds. The number of nitriles is 1. The van der Waals surface area contributed by atoms with E-state index in [2.05, 4.69) is 15.6 Å². The lowest BCUT2D eigenvalue weighted by Gasteiger charge is -2.33. The van der Waals surface area contributed by atoms with E-state index in [1.54, 1.807) is 13.8 Å². The highest BCUT2D eigenvalue weighted by molar-refractivity contribution is 5.96. The van der Waals surface area contributed by atoms with Gasteiger partial charge in [-0.25, -0.2) is 19.5 Å². The van der Waals surface area contributed by atoms with Gasteiger partial charge in [0.1, 0.15) is 11.7 Å². The number of amides is 4. The van der Waals surface area contributed by atoms with E-state index in [-0.39, 0.29) is 29.3 Å². The number of non-ortho nitro benzene ring substituents is 1. The van der Waals surface area contributed by atoms with Crippen molar-refractivity contribution in [3.63, 3.8) is 0 Å². The van der Waals surface area contributed by atoms with Crippen LogP contribution in [0, 0.1) is 21.4 Å². The van der Waals surface area contributed by atoms with Gasteiger partial charge in [0.15, 0.2) is 12.2 Å². The van der Waals surface area contributed by atoms with Gasteiger partial charge in [0.2, 0.25) is 0 Å². The van der Waals surface area contributed by atoms with Crippen molar-refractivity contribution in [1.29, 1.82) is 5.26 Å². The fourth-order valence-corrected chi connectivity index (χ4v) is 2.99. The number of hydrogen-bond acceptors (Lipinski definition) is 7. The lowest BCUT2D eigenvalue weighted by molar-refractivity contribution is -0.384. The molecule has 1 aliphatic rings. The van der Waals surface area contributed by atoms with Gasteiger partial charge < -0.3 is 15.1 Å². The average Bonchev–Trinajstić information content (AvgIpc) is 3.17. The fourth-order valence-electron chi connectivity index (χ4n) is 2.99. The number of imide groups is 1. The molecule has 1 aromatic heterocycles. The van der Waals surface area contributed by atoms with E-state index >= 15 is 0 Å². The third kappa shape index (κ3) is 3.51. The molecule has 1 aliphatic heterocycles. The summed E-state index contributed by atoms with van der Waals surface area (Å²) in [6.45, 7) is 3.51. The average molecular weight is 396 g/mol. The molecule has 2 N–H and O–H groups in total. The van der Waals surface area contributed by atoms with Crippen molar-refractivity contribution in [3.8, 4) is 17.4 Å².